The number of nitrogens with one attached hydrogen (secondary N) is 1. The lowest BCUT2D eigenvalue weighted by molar-refractivity contribution is -0.132. The Bertz CT molecular complexity index is 1330. The number of rotatable bonds is 13. The predicted octanol–water partition coefficient (Wildman–Crippen LogP) is 8.52. The molecule has 2 N–H and O–H groups in total. The zero-order chi connectivity index (χ0) is 28.5. The highest BCUT2D eigenvalue weighted by Crippen LogP contribution is 2.39. The van der Waals surface area contributed by atoms with Gasteiger partial charge in [0.25, 0.3) is 5.91 Å². The first-order valence-corrected chi connectivity index (χ1v) is 14.3. The highest BCUT2D eigenvalue weighted by atomic mass is 35.5. The van der Waals surface area contributed by atoms with Crippen molar-refractivity contribution in [3.8, 4) is 17.0 Å². The van der Waals surface area contributed by atoms with Crippen LogP contribution >= 0.6 is 34.5 Å². The maximum atomic E-state index is 12.9. The Morgan fingerprint density at radius 3 is 2.51 bits per heavy atom. The molecule has 1 unspecified atom stereocenters. The largest absolute Gasteiger partial charge is 0.496 e. The molecule has 1 atom stereocenters. The van der Waals surface area contributed by atoms with Gasteiger partial charge in [0.05, 0.1) is 29.0 Å². The predicted molar refractivity (Wildman–Crippen MR) is 158 cm³/mol. The number of benzene rings is 2. The first-order valence-electron chi connectivity index (χ1n) is 12.7. The van der Waals surface area contributed by atoms with E-state index in [0.29, 0.717) is 28.7 Å². The number of para-hydroxylation sites is 1. The van der Waals surface area contributed by atoms with Crippen molar-refractivity contribution in [2.75, 3.05) is 19.0 Å². The number of carboxylic acids is 1. The number of unbranched alkanes of at least 4 members (excludes halogenated alkanes) is 2. The molecule has 3 aromatic rings. The minimum absolute atomic E-state index is 0.0686. The van der Waals surface area contributed by atoms with Gasteiger partial charge in [-0.1, -0.05) is 62.0 Å². The molecule has 1 heterocycles. The number of thiazole rings is 1. The first kappa shape index (κ1) is 30.6. The van der Waals surface area contributed by atoms with E-state index in [1.54, 1.807) is 7.11 Å². The summed E-state index contributed by atoms with van der Waals surface area (Å²) in [5, 5.41) is 14.5. The van der Waals surface area contributed by atoms with Crippen LogP contribution in [0.1, 0.15) is 74.0 Å². The molecule has 7 nitrogen and oxygen atoms in total. The topological polar surface area (TPSA) is 97.8 Å². The second-order valence-electron chi connectivity index (χ2n) is 8.88. The fraction of sp³-hybridized carbons (Fsp3) is 0.345. The molecule has 208 valence electrons. The molecule has 10 heteroatoms. The van der Waals surface area contributed by atoms with Gasteiger partial charge in [-0.2, -0.15) is 0 Å². The summed E-state index contributed by atoms with van der Waals surface area (Å²) in [5.74, 6) is -0.838. The lowest BCUT2D eigenvalue weighted by Crippen LogP contribution is -2.12. The number of amides is 1. The van der Waals surface area contributed by atoms with E-state index in [0.717, 1.165) is 36.8 Å². The van der Waals surface area contributed by atoms with Crippen LogP contribution in [-0.2, 0) is 9.53 Å². The summed E-state index contributed by atoms with van der Waals surface area (Å²) in [7, 11) is 1.63. The molecule has 0 bridgehead atoms. The average Bonchev–Trinajstić information content (AvgIpc) is 3.38. The van der Waals surface area contributed by atoms with Crippen molar-refractivity contribution < 1.29 is 24.2 Å². The second kappa shape index (κ2) is 14.5. The highest BCUT2D eigenvalue weighted by molar-refractivity contribution is 7.14. The van der Waals surface area contributed by atoms with Crippen molar-refractivity contribution in [2.45, 2.75) is 52.6 Å². The van der Waals surface area contributed by atoms with Gasteiger partial charge in [0.15, 0.2) is 5.13 Å². The van der Waals surface area contributed by atoms with Crippen LogP contribution in [0.4, 0.5) is 5.13 Å². The molecule has 0 saturated heterocycles. The monoisotopic (exact) mass is 590 g/mol. The molecule has 39 heavy (non-hydrogen) atoms. The lowest BCUT2D eigenvalue weighted by atomic mass is 10.0. The molecular formula is C29H32Cl2N2O5S. The standard InChI is InChI=1S/C29H32Cl2N2O5S/c1-5-7-8-12-38-25(6-2)20-11-9-10-19(26(20)37-4)24-16-39-29(32-24)33-27(34)18-14-22(30)21(23(31)15-18)13-17(3)28(35)36/h9-11,13-16,25H,5-8,12H2,1-4H3,(H,35,36)(H,32,33,34). The molecule has 1 aromatic heterocycles. The average molecular weight is 592 g/mol. The highest BCUT2D eigenvalue weighted by Gasteiger charge is 2.21. The number of nitrogens with zero attached hydrogens (tertiary/aromatic N) is 1. The number of hydrogen-bond donors (Lipinski definition) is 2. The van der Waals surface area contributed by atoms with Crippen LogP contribution in [0, 0.1) is 0 Å². The maximum absolute atomic E-state index is 12.9. The third-order valence-electron chi connectivity index (χ3n) is 6.07. The minimum atomic E-state index is -1.09. The van der Waals surface area contributed by atoms with Crippen molar-refractivity contribution in [2.24, 2.45) is 0 Å². The van der Waals surface area contributed by atoms with Gasteiger partial charge in [-0.05, 0) is 44.0 Å². The fourth-order valence-electron chi connectivity index (χ4n) is 4.00. The van der Waals surface area contributed by atoms with E-state index in [1.165, 1.54) is 36.5 Å². The summed E-state index contributed by atoms with van der Waals surface area (Å²) < 4.78 is 12.0. The minimum Gasteiger partial charge on any atom is -0.496 e. The summed E-state index contributed by atoms with van der Waals surface area (Å²) >= 11 is 13.9. The number of carboxylic acid groups (broad SMARTS) is 1. The van der Waals surface area contributed by atoms with Crippen LogP contribution < -0.4 is 10.1 Å². The summed E-state index contributed by atoms with van der Waals surface area (Å²) in [4.78, 5) is 28.7. The Morgan fingerprint density at radius 1 is 1.18 bits per heavy atom. The number of carbonyl (C=O) groups is 2. The Hall–Kier alpha value is -2.91. The van der Waals surface area contributed by atoms with E-state index in [9.17, 15) is 9.59 Å². The Labute approximate surface area is 242 Å². The fourth-order valence-corrected chi connectivity index (χ4v) is 5.30. The second-order valence-corrected chi connectivity index (χ2v) is 10.6. The normalized spacial score (nSPS) is 12.3. The molecule has 0 saturated carbocycles. The zero-order valence-corrected chi connectivity index (χ0v) is 24.7. The van der Waals surface area contributed by atoms with Gasteiger partial charge in [-0.3, -0.25) is 10.1 Å². The number of carbonyl (C=O) groups excluding carboxylic acids is 1. The summed E-state index contributed by atoms with van der Waals surface area (Å²) in [5.41, 5.74) is 3.05. The van der Waals surface area contributed by atoms with Crippen LogP contribution in [0.25, 0.3) is 17.3 Å². The van der Waals surface area contributed by atoms with Gasteiger partial charge in [-0.15, -0.1) is 11.3 Å². The van der Waals surface area contributed by atoms with E-state index in [-0.39, 0.29) is 27.3 Å². The molecule has 0 radical (unpaired) electrons. The molecule has 0 aliphatic heterocycles. The van der Waals surface area contributed by atoms with Crippen molar-refractivity contribution in [3.63, 3.8) is 0 Å². The van der Waals surface area contributed by atoms with E-state index in [4.69, 9.17) is 37.8 Å². The zero-order valence-electron chi connectivity index (χ0n) is 22.3. The molecule has 3 rings (SSSR count). The van der Waals surface area contributed by atoms with Crippen molar-refractivity contribution in [1.82, 2.24) is 4.98 Å². The first-order chi connectivity index (χ1) is 18.7. The van der Waals surface area contributed by atoms with Crippen LogP contribution in [0.2, 0.25) is 10.0 Å². The molecule has 0 aliphatic rings. The lowest BCUT2D eigenvalue weighted by Gasteiger charge is -2.21. The third kappa shape index (κ3) is 7.82. The van der Waals surface area contributed by atoms with E-state index in [2.05, 4.69) is 24.1 Å². The quantitative estimate of drug-likeness (QED) is 0.153. The van der Waals surface area contributed by atoms with Gasteiger partial charge in [0, 0.05) is 39.8 Å². The van der Waals surface area contributed by atoms with Crippen LogP contribution in [0.15, 0.2) is 41.3 Å². The van der Waals surface area contributed by atoms with Crippen molar-refractivity contribution in [3.05, 3.63) is 68.0 Å². The number of hydrogen-bond acceptors (Lipinski definition) is 6. The molecular weight excluding hydrogens is 559 g/mol. The molecule has 0 spiro atoms. The Kier molecular flexibility index (Phi) is 11.4. The summed E-state index contributed by atoms with van der Waals surface area (Å²) in [6.45, 7) is 6.37. The number of methoxy groups -OCH3 is 1. The number of anilines is 1. The smallest absolute Gasteiger partial charge is 0.331 e. The number of ether oxygens (including phenoxy) is 2. The van der Waals surface area contributed by atoms with Crippen LogP contribution in [0.3, 0.4) is 0 Å². The SMILES string of the molecule is CCCCCOC(CC)c1cccc(-c2csc(NC(=O)c3cc(Cl)c(C=C(C)C(=O)O)c(Cl)c3)n2)c1OC. The number of aliphatic carboxylic acids is 1. The van der Waals surface area contributed by atoms with Gasteiger partial charge >= 0.3 is 5.97 Å². The van der Waals surface area contributed by atoms with E-state index < -0.39 is 11.9 Å². The molecule has 0 fully saturated rings. The van der Waals surface area contributed by atoms with E-state index >= 15 is 0 Å². The number of aromatic nitrogens is 1. The van der Waals surface area contributed by atoms with Gasteiger partial charge in [0.1, 0.15) is 5.75 Å². The van der Waals surface area contributed by atoms with Crippen LogP contribution in [-0.4, -0.2) is 35.7 Å². The summed E-state index contributed by atoms with van der Waals surface area (Å²) in [6.07, 6.45) is 5.35. The molecule has 1 amide bonds. The molecule has 0 aliphatic carbocycles. The van der Waals surface area contributed by atoms with Crippen LogP contribution in [0.5, 0.6) is 5.75 Å². The maximum Gasteiger partial charge on any atom is 0.331 e. The van der Waals surface area contributed by atoms with Gasteiger partial charge < -0.3 is 14.6 Å². The summed E-state index contributed by atoms with van der Waals surface area (Å²) in [6, 6.07) is 8.77. The number of halogens is 2. The van der Waals surface area contributed by atoms with Crippen molar-refractivity contribution in [1.29, 1.82) is 0 Å². The Balaban J connectivity index is 1.82. The third-order valence-corrected chi connectivity index (χ3v) is 7.46. The molecule has 2 aromatic carbocycles. The van der Waals surface area contributed by atoms with E-state index in [1.807, 2.05) is 23.6 Å². The Morgan fingerprint density at radius 2 is 1.90 bits per heavy atom. The van der Waals surface area contributed by atoms with Gasteiger partial charge in [0.2, 0.25) is 0 Å². The van der Waals surface area contributed by atoms with Gasteiger partial charge in [-0.25, -0.2) is 9.78 Å². The van der Waals surface area contributed by atoms with Crippen molar-refractivity contribution >= 4 is 57.6 Å².